The van der Waals surface area contributed by atoms with Crippen LogP contribution < -0.4 is 5.32 Å². The van der Waals surface area contributed by atoms with Gasteiger partial charge in [0.2, 0.25) is 0 Å². The van der Waals surface area contributed by atoms with Crippen LogP contribution in [0.25, 0.3) is 0 Å². The van der Waals surface area contributed by atoms with E-state index in [0.29, 0.717) is 24.6 Å². The Bertz CT molecular complexity index is 569. The van der Waals surface area contributed by atoms with Gasteiger partial charge in [0, 0.05) is 11.1 Å². The first kappa shape index (κ1) is 13.8. The second-order valence-electron chi connectivity index (χ2n) is 3.82. The van der Waals surface area contributed by atoms with Crippen molar-refractivity contribution >= 4 is 27.5 Å². The van der Waals surface area contributed by atoms with Gasteiger partial charge in [0.05, 0.1) is 23.6 Å². The van der Waals surface area contributed by atoms with Gasteiger partial charge in [-0.15, -0.1) is 0 Å². The number of nitrogens with zero attached hydrogens (tertiary/aromatic N) is 2. The molecule has 0 radical (unpaired) electrons. The van der Waals surface area contributed by atoms with E-state index >= 15 is 0 Å². The largest absolute Gasteiger partial charge is 0.360 e. The first-order valence-electron chi connectivity index (χ1n) is 5.86. The molecule has 19 heavy (non-hydrogen) atoms. The number of rotatable bonds is 5. The number of hydrogen-bond acceptors (Lipinski definition) is 3. The Kier molecular flexibility index (Phi) is 4.70. The summed E-state index contributed by atoms with van der Waals surface area (Å²) in [6, 6.07) is 7.26. The molecule has 2 aromatic rings. The van der Waals surface area contributed by atoms with Gasteiger partial charge >= 0.3 is 0 Å². The van der Waals surface area contributed by atoms with E-state index in [1.807, 2.05) is 25.1 Å². The van der Waals surface area contributed by atoms with Crippen molar-refractivity contribution in [3.63, 3.8) is 0 Å². The second kappa shape index (κ2) is 6.49. The summed E-state index contributed by atoms with van der Waals surface area (Å²) in [5, 5.41) is 6.88. The molecular formula is C13H14BrN3O2. The lowest BCUT2D eigenvalue weighted by atomic mass is 10.2. The zero-order valence-corrected chi connectivity index (χ0v) is 12.1. The summed E-state index contributed by atoms with van der Waals surface area (Å²) in [7, 11) is 0. The lowest BCUT2D eigenvalue weighted by Gasteiger charge is -2.04. The van der Waals surface area contributed by atoms with Crippen LogP contribution in [0.15, 0.2) is 41.1 Å². The summed E-state index contributed by atoms with van der Waals surface area (Å²) in [4.78, 5) is 12.0. The minimum Gasteiger partial charge on any atom is -0.360 e. The molecule has 1 heterocycles. The SMILES string of the molecule is CCOCn1cc(NC(=O)c2ccccc2Br)cn1. The van der Waals surface area contributed by atoms with Crippen LogP contribution in [-0.4, -0.2) is 22.3 Å². The Morgan fingerprint density at radius 1 is 1.47 bits per heavy atom. The molecule has 5 nitrogen and oxygen atoms in total. The Hall–Kier alpha value is -1.66. The number of hydrogen-bond donors (Lipinski definition) is 1. The van der Waals surface area contributed by atoms with Crippen molar-refractivity contribution in [3.05, 3.63) is 46.7 Å². The summed E-state index contributed by atoms with van der Waals surface area (Å²) >= 11 is 3.35. The summed E-state index contributed by atoms with van der Waals surface area (Å²) in [5.41, 5.74) is 1.22. The van der Waals surface area contributed by atoms with E-state index in [4.69, 9.17) is 4.74 Å². The highest BCUT2D eigenvalue weighted by Crippen LogP contribution is 2.17. The predicted molar refractivity (Wildman–Crippen MR) is 75.9 cm³/mol. The number of benzene rings is 1. The van der Waals surface area contributed by atoms with E-state index in [9.17, 15) is 4.79 Å². The first-order chi connectivity index (χ1) is 9.20. The fourth-order valence-electron chi connectivity index (χ4n) is 1.53. The topological polar surface area (TPSA) is 56.1 Å². The van der Waals surface area contributed by atoms with Crippen molar-refractivity contribution in [2.45, 2.75) is 13.7 Å². The van der Waals surface area contributed by atoms with Gasteiger partial charge in [0.15, 0.2) is 0 Å². The second-order valence-corrected chi connectivity index (χ2v) is 4.68. The van der Waals surface area contributed by atoms with Crippen molar-refractivity contribution in [1.82, 2.24) is 9.78 Å². The number of anilines is 1. The number of carbonyl (C=O) groups is 1. The molecular weight excluding hydrogens is 310 g/mol. The standard InChI is InChI=1S/C13H14BrN3O2/c1-2-19-9-17-8-10(7-15-17)16-13(18)11-5-3-4-6-12(11)14/h3-8H,2,9H2,1H3,(H,16,18). The molecule has 0 aliphatic heterocycles. The number of aromatic nitrogens is 2. The van der Waals surface area contributed by atoms with Crippen LogP contribution in [0.2, 0.25) is 0 Å². The highest BCUT2D eigenvalue weighted by molar-refractivity contribution is 9.10. The summed E-state index contributed by atoms with van der Waals surface area (Å²) in [5.74, 6) is -0.177. The van der Waals surface area contributed by atoms with E-state index in [1.165, 1.54) is 0 Å². The van der Waals surface area contributed by atoms with Crippen LogP contribution in [-0.2, 0) is 11.5 Å². The number of carbonyl (C=O) groups excluding carboxylic acids is 1. The quantitative estimate of drug-likeness (QED) is 0.920. The normalized spacial score (nSPS) is 10.4. The average Bonchev–Trinajstić information content (AvgIpc) is 2.84. The highest BCUT2D eigenvalue weighted by Gasteiger charge is 2.10. The molecule has 0 fully saturated rings. The molecule has 0 spiro atoms. The number of ether oxygens (including phenoxy) is 1. The predicted octanol–water partition coefficient (Wildman–Crippen LogP) is 2.89. The Labute approximate surface area is 119 Å². The molecule has 1 amide bonds. The molecule has 0 saturated heterocycles. The summed E-state index contributed by atoms with van der Waals surface area (Å²) in [6.45, 7) is 2.92. The third-order valence-corrected chi connectivity index (χ3v) is 3.13. The van der Waals surface area contributed by atoms with Gasteiger partial charge in [0.25, 0.3) is 5.91 Å². The van der Waals surface area contributed by atoms with Crippen LogP contribution in [0.3, 0.4) is 0 Å². The van der Waals surface area contributed by atoms with Crippen molar-refractivity contribution in [2.24, 2.45) is 0 Å². The molecule has 0 aliphatic carbocycles. The van der Waals surface area contributed by atoms with E-state index in [0.717, 1.165) is 4.47 Å². The number of halogens is 1. The third kappa shape index (κ3) is 3.65. The lowest BCUT2D eigenvalue weighted by molar-refractivity contribution is 0.0792. The molecule has 0 saturated carbocycles. The van der Waals surface area contributed by atoms with Gasteiger partial charge in [-0.3, -0.25) is 4.79 Å². The van der Waals surface area contributed by atoms with Crippen molar-refractivity contribution in [2.75, 3.05) is 11.9 Å². The molecule has 0 unspecified atom stereocenters. The van der Waals surface area contributed by atoms with Crippen LogP contribution in [0, 0.1) is 0 Å². The number of amides is 1. The van der Waals surface area contributed by atoms with Crippen molar-refractivity contribution < 1.29 is 9.53 Å². The molecule has 0 aliphatic rings. The number of nitrogens with one attached hydrogen (secondary N) is 1. The van der Waals surface area contributed by atoms with Crippen LogP contribution in [0.4, 0.5) is 5.69 Å². The first-order valence-corrected chi connectivity index (χ1v) is 6.66. The fourth-order valence-corrected chi connectivity index (χ4v) is 1.99. The molecule has 2 rings (SSSR count). The Morgan fingerprint density at radius 3 is 3.00 bits per heavy atom. The van der Waals surface area contributed by atoms with Crippen LogP contribution in [0.1, 0.15) is 17.3 Å². The van der Waals surface area contributed by atoms with E-state index in [1.54, 1.807) is 23.1 Å². The minimum absolute atomic E-state index is 0.177. The van der Waals surface area contributed by atoms with Crippen molar-refractivity contribution in [1.29, 1.82) is 0 Å². The maximum Gasteiger partial charge on any atom is 0.256 e. The lowest BCUT2D eigenvalue weighted by Crippen LogP contribution is -2.12. The Morgan fingerprint density at radius 2 is 2.26 bits per heavy atom. The van der Waals surface area contributed by atoms with Gasteiger partial charge in [-0.1, -0.05) is 12.1 Å². The molecule has 0 bridgehead atoms. The molecule has 0 atom stereocenters. The monoisotopic (exact) mass is 323 g/mol. The summed E-state index contributed by atoms with van der Waals surface area (Å²) < 4.78 is 7.60. The molecule has 1 aromatic carbocycles. The van der Waals surface area contributed by atoms with Gasteiger partial charge in [0.1, 0.15) is 6.73 Å². The van der Waals surface area contributed by atoms with Gasteiger partial charge in [-0.25, -0.2) is 4.68 Å². The van der Waals surface area contributed by atoms with Crippen LogP contribution >= 0.6 is 15.9 Å². The third-order valence-electron chi connectivity index (χ3n) is 2.44. The van der Waals surface area contributed by atoms with Gasteiger partial charge < -0.3 is 10.1 Å². The fraction of sp³-hybridized carbons (Fsp3) is 0.231. The zero-order chi connectivity index (χ0) is 13.7. The van der Waals surface area contributed by atoms with E-state index in [-0.39, 0.29) is 5.91 Å². The Balaban J connectivity index is 2.03. The zero-order valence-electron chi connectivity index (χ0n) is 10.5. The molecule has 6 heteroatoms. The van der Waals surface area contributed by atoms with E-state index in [2.05, 4.69) is 26.3 Å². The van der Waals surface area contributed by atoms with Gasteiger partial charge in [-0.2, -0.15) is 5.10 Å². The maximum atomic E-state index is 12.0. The average molecular weight is 324 g/mol. The smallest absolute Gasteiger partial charge is 0.256 e. The van der Waals surface area contributed by atoms with Gasteiger partial charge in [-0.05, 0) is 35.0 Å². The van der Waals surface area contributed by atoms with Crippen LogP contribution in [0.5, 0.6) is 0 Å². The highest BCUT2D eigenvalue weighted by atomic mass is 79.9. The molecule has 100 valence electrons. The maximum absolute atomic E-state index is 12.0. The summed E-state index contributed by atoms with van der Waals surface area (Å²) in [6.07, 6.45) is 3.32. The van der Waals surface area contributed by atoms with E-state index < -0.39 is 0 Å². The molecule has 1 aromatic heterocycles. The molecule has 1 N–H and O–H groups in total. The minimum atomic E-state index is -0.177. The van der Waals surface area contributed by atoms with Crippen molar-refractivity contribution in [3.8, 4) is 0 Å².